The second kappa shape index (κ2) is 10.3. The number of halogens is 1. The number of esters is 1. The van der Waals surface area contributed by atoms with Crippen molar-refractivity contribution in [1.29, 1.82) is 0 Å². The summed E-state index contributed by atoms with van der Waals surface area (Å²) >= 11 is 5.87. The Morgan fingerprint density at radius 1 is 1.00 bits per heavy atom. The molecule has 0 saturated heterocycles. The van der Waals surface area contributed by atoms with Crippen LogP contribution in [0.3, 0.4) is 0 Å². The summed E-state index contributed by atoms with van der Waals surface area (Å²) in [4.78, 5) is 12.2. The van der Waals surface area contributed by atoms with Crippen molar-refractivity contribution in [2.45, 2.75) is 0 Å². The van der Waals surface area contributed by atoms with Crippen LogP contribution < -0.4 is 4.74 Å². The second-order valence-corrected chi connectivity index (χ2v) is 6.62. The highest BCUT2D eigenvalue weighted by atomic mass is 35.5. The molecule has 8 heteroatoms. The van der Waals surface area contributed by atoms with Gasteiger partial charge in [-0.1, -0.05) is 29.8 Å². The first-order valence-corrected chi connectivity index (χ1v) is 9.48. The maximum Gasteiger partial charge on any atom is 0.341 e. The Bertz CT molecular complexity index is 1130. The molecule has 0 spiro atoms. The van der Waals surface area contributed by atoms with Gasteiger partial charge in [0.2, 0.25) is 0 Å². The first-order valence-electron chi connectivity index (χ1n) is 9.10. The van der Waals surface area contributed by atoms with E-state index >= 15 is 0 Å². The molecule has 0 aliphatic rings. The Labute approximate surface area is 184 Å². The second-order valence-electron chi connectivity index (χ2n) is 6.18. The molecule has 0 saturated carbocycles. The van der Waals surface area contributed by atoms with Gasteiger partial charge in [0.05, 0.1) is 26.2 Å². The van der Waals surface area contributed by atoms with Crippen molar-refractivity contribution >= 4 is 34.5 Å². The lowest BCUT2D eigenvalue weighted by Crippen LogP contribution is -2.05. The lowest BCUT2D eigenvalue weighted by atomic mass is 10.1. The van der Waals surface area contributed by atoms with Crippen LogP contribution in [0.1, 0.15) is 5.56 Å². The van der Waals surface area contributed by atoms with E-state index in [0.29, 0.717) is 27.8 Å². The van der Waals surface area contributed by atoms with Crippen LogP contribution >= 0.6 is 11.6 Å². The van der Waals surface area contributed by atoms with Gasteiger partial charge in [-0.05, 0) is 42.5 Å². The van der Waals surface area contributed by atoms with Crippen LogP contribution in [0.25, 0.3) is 5.57 Å². The number of methoxy groups -OCH3 is 2. The van der Waals surface area contributed by atoms with Crippen molar-refractivity contribution < 1.29 is 24.1 Å². The molecule has 31 heavy (non-hydrogen) atoms. The Morgan fingerprint density at radius 3 is 2.45 bits per heavy atom. The van der Waals surface area contributed by atoms with Crippen LogP contribution in [-0.2, 0) is 14.3 Å². The van der Waals surface area contributed by atoms with E-state index in [4.69, 9.17) is 25.8 Å². The van der Waals surface area contributed by atoms with Crippen LogP contribution in [0.4, 0.5) is 11.4 Å². The summed E-state index contributed by atoms with van der Waals surface area (Å²) in [6, 6.07) is 18.3. The minimum Gasteiger partial charge on any atom is -0.506 e. The summed E-state index contributed by atoms with van der Waals surface area (Å²) in [5.41, 5.74) is 1.47. The average Bonchev–Trinajstić information content (AvgIpc) is 2.79. The number of hydrogen-bond donors (Lipinski definition) is 1. The molecule has 0 bridgehead atoms. The van der Waals surface area contributed by atoms with Gasteiger partial charge in [-0.15, -0.1) is 5.11 Å². The number of carbonyl (C=O) groups is 1. The highest BCUT2D eigenvalue weighted by Gasteiger charge is 2.18. The van der Waals surface area contributed by atoms with E-state index in [1.54, 1.807) is 54.6 Å². The van der Waals surface area contributed by atoms with Gasteiger partial charge in [0.15, 0.2) is 0 Å². The molecule has 1 N–H and O–H groups in total. The lowest BCUT2D eigenvalue weighted by molar-refractivity contribution is -0.133. The highest BCUT2D eigenvalue weighted by Crippen LogP contribution is 2.36. The number of rotatable bonds is 7. The summed E-state index contributed by atoms with van der Waals surface area (Å²) in [7, 11) is 2.72. The fourth-order valence-electron chi connectivity index (χ4n) is 2.62. The first kappa shape index (κ1) is 21.9. The monoisotopic (exact) mass is 438 g/mol. The third-order valence-electron chi connectivity index (χ3n) is 4.09. The number of benzene rings is 3. The standard InChI is InChI=1S/C23H19ClN2O5/c1-29-14-19(23(28)30-2)18-5-3-4-6-22(18)31-17-11-12-21(27)20(13-17)26-25-16-9-7-15(24)8-10-16/h3-14,27H,1-2H3/b19-14+,26-25+. The number of phenols is 1. The largest absolute Gasteiger partial charge is 0.506 e. The number of nitrogens with zero attached hydrogens (tertiary/aromatic N) is 2. The summed E-state index contributed by atoms with van der Waals surface area (Å²) in [6.45, 7) is 0. The Balaban J connectivity index is 1.90. The first-order chi connectivity index (χ1) is 15.0. The van der Waals surface area contributed by atoms with Crippen molar-refractivity contribution in [3.05, 3.63) is 83.6 Å². The maximum absolute atomic E-state index is 12.2. The third-order valence-corrected chi connectivity index (χ3v) is 4.34. The molecule has 0 atom stereocenters. The SMILES string of the molecule is CO/C=C(/C(=O)OC)c1ccccc1Oc1ccc(O)c(/N=N/c2ccc(Cl)cc2)c1. The predicted molar refractivity (Wildman–Crippen MR) is 117 cm³/mol. The zero-order valence-corrected chi connectivity index (χ0v) is 17.5. The van der Waals surface area contributed by atoms with Gasteiger partial charge in [-0.2, -0.15) is 5.11 Å². The summed E-state index contributed by atoms with van der Waals surface area (Å²) < 4.78 is 15.8. The highest BCUT2D eigenvalue weighted by molar-refractivity contribution is 6.30. The van der Waals surface area contributed by atoms with Gasteiger partial charge in [-0.25, -0.2) is 4.79 Å². The number of ether oxygens (including phenoxy) is 3. The quantitative estimate of drug-likeness (QED) is 0.199. The molecule has 3 aromatic carbocycles. The van der Waals surface area contributed by atoms with E-state index in [0.717, 1.165) is 0 Å². The molecule has 3 aromatic rings. The lowest BCUT2D eigenvalue weighted by Gasteiger charge is -2.13. The molecule has 3 rings (SSSR count). The van der Waals surface area contributed by atoms with Gasteiger partial charge < -0.3 is 19.3 Å². The van der Waals surface area contributed by atoms with Crippen LogP contribution in [0, 0.1) is 0 Å². The zero-order valence-electron chi connectivity index (χ0n) is 16.8. The smallest absolute Gasteiger partial charge is 0.341 e. The number of aromatic hydroxyl groups is 1. The summed E-state index contributed by atoms with van der Waals surface area (Å²) in [5, 5.41) is 18.9. The fourth-order valence-corrected chi connectivity index (χ4v) is 2.75. The molecule has 7 nitrogen and oxygen atoms in total. The number of carbonyl (C=O) groups excluding carboxylic acids is 1. The number of azo groups is 1. The average molecular weight is 439 g/mol. The van der Waals surface area contributed by atoms with Gasteiger partial charge in [0.25, 0.3) is 0 Å². The van der Waals surface area contributed by atoms with E-state index in [1.165, 1.54) is 32.6 Å². The molecule has 0 amide bonds. The number of hydrogen-bond acceptors (Lipinski definition) is 7. The van der Waals surface area contributed by atoms with Crippen molar-refractivity contribution in [3.63, 3.8) is 0 Å². The Hall–Kier alpha value is -3.84. The minimum absolute atomic E-state index is 0.0622. The molecule has 0 aromatic heterocycles. The number of para-hydroxylation sites is 1. The van der Waals surface area contributed by atoms with E-state index in [9.17, 15) is 9.90 Å². The molecule has 0 fully saturated rings. The van der Waals surface area contributed by atoms with Crippen LogP contribution in [-0.4, -0.2) is 25.3 Å². The van der Waals surface area contributed by atoms with Crippen molar-refractivity contribution in [1.82, 2.24) is 0 Å². The normalized spacial score (nSPS) is 11.4. The Morgan fingerprint density at radius 2 is 1.74 bits per heavy atom. The van der Waals surface area contributed by atoms with E-state index in [-0.39, 0.29) is 17.0 Å². The van der Waals surface area contributed by atoms with Gasteiger partial charge in [-0.3, -0.25) is 0 Å². The van der Waals surface area contributed by atoms with E-state index in [2.05, 4.69) is 10.2 Å². The molecule has 0 heterocycles. The van der Waals surface area contributed by atoms with E-state index < -0.39 is 5.97 Å². The Kier molecular flexibility index (Phi) is 7.24. The maximum atomic E-state index is 12.2. The van der Waals surface area contributed by atoms with Crippen molar-refractivity contribution in [2.24, 2.45) is 10.2 Å². The molecule has 0 aliphatic carbocycles. The van der Waals surface area contributed by atoms with Crippen LogP contribution in [0.2, 0.25) is 5.02 Å². The van der Waals surface area contributed by atoms with Crippen molar-refractivity contribution in [3.8, 4) is 17.2 Å². The molecule has 158 valence electrons. The molecular weight excluding hydrogens is 420 g/mol. The molecule has 0 aliphatic heterocycles. The van der Waals surface area contributed by atoms with Crippen molar-refractivity contribution in [2.75, 3.05) is 14.2 Å². The van der Waals surface area contributed by atoms with Gasteiger partial charge in [0, 0.05) is 16.7 Å². The number of phenolic OH excluding ortho intramolecular Hbond substituents is 1. The molecule has 0 radical (unpaired) electrons. The summed E-state index contributed by atoms with van der Waals surface area (Å²) in [6.07, 6.45) is 1.29. The molecule has 0 unspecified atom stereocenters. The van der Waals surface area contributed by atoms with Gasteiger partial charge >= 0.3 is 5.97 Å². The van der Waals surface area contributed by atoms with E-state index in [1.807, 2.05) is 0 Å². The van der Waals surface area contributed by atoms with Crippen LogP contribution in [0.15, 0.2) is 83.2 Å². The van der Waals surface area contributed by atoms with Crippen LogP contribution in [0.5, 0.6) is 17.2 Å². The predicted octanol–water partition coefficient (Wildman–Crippen LogP) is 6.41. The topological polar surface area (TPSA) is 89.7 Å². The third kappa shape index (κ3) is 5.61. The molecular formula is C23H19ClN2O5. The minimum atomic E-state index is -0.568. The summed E-state index contributed by atoms with van der Waals surface area (Å²) in [5.74, 6) is 0.147. The fraction of sp³-hybridized carbons (Fsp3) is 0.0870. The zero-order chi connectivity index (χ0) is 22.2. The van der Waals surface area contributed by atoms with Gasteiger partial charge in [0.1, 0.15) is 28.5 Å².